The highest BCUT2D eigenvalue weighted by atomic mass is 19.1. The van der Waals surface area contributed by atoms with Crippen LogP contribution in [0.2, 0.25) is 0 Å². The number of fused-ring (bicyclic) bond motifs is 15. The van der Waals surface area contributed by atoms with E-state index in [2.05, 4.69) is 191 Å². The summed E-state index contributed by atoms with van der Waals surface area (Å²) in [7, 11) is 4.30. The molecule has 5 aromatic carbocycles. The molecule has 12 heterocycles. The molecule has 12 aromatic rings. The Morgan fingerprint density at radius 1 is 0.527 bits per heavy atom. The Kier molecular flexibility index (Phi) is 14.5. The van der Waals surface area contributed by atoms with Crippen LogP contribution in [0.15, 0.2) is 195 Å². The SMILES string of the molecule is CC1CCN(c2ccc3c(c2)Cn2cc(-c4ccc(C#N)cc4)cc2-c2nccn2-3)C1.C[C@H]1CN(c2ccc3c(n2)Cn2cc(-c4ccc(C#N)cc4)cc2-c2nccn2-3)C[C@H]1CN(C)C.Cc1ccc2c(c1)Cn1cc(-c3ccc(F)cc3)cc1-c1nccn1-2. The molecule has 0 spiro atoms. The summed E-state index contributed by atoms with van der Waals surface area (Å²) in [5.41, 5.74) is 20.7. The number of anilines is 2. The van der Waals surface area contributed by atoms with Gasteiger partial charge in [-0.15, -0.1) is 0 Å². The molecule has 16 heteroatoms. The first-order chi connectivity index (χ1) is 44.4. The Bertz CT molecular complexity index is 4780. The molecule has 0 radical (unpaired) electrons. The fourth-order valence-corrected chi connectivity index (χ4v) is 14.0. The lowest BCUT2D eigenvalue weighted by atomic mass is 9.98. The molecule has 2 fully saturated rings. The molecule has 91 heavy (non-hydrogen) atoms. The Labute approximate surface area is 529 Å². The van der Waals surface area contributed by atoms with E-state index in [1.807, 2.05) is 91.6 Å². The van der Waals surface area contributed by atoms with Gasteiger partial charge >= 0.3 is 0 Å². The molecule has 0 N–H and O–H groups in total. The van der Waals surface area contributed by atoms with Crippen molar-refractivity contribution in [1.82, 2.24) is 52.2 Å². The molecule has 5 aliphatic rings. The molecular weight excluding hydrogens is 1130 g/mol. The van der Waals surface area contributed by atoms with Crippen molar-refractivity contribution in [2.24, 2.45) is 17.8 Å². The third-order valence-electron chi connectivity index (χ3n) is 18.7. The van der Waals surface area contributed by atoms with E-state index in [0.29, 0.717) is 29.5 Å². The number of nitrogens with zero attached hydrogens (tertiary/aromatic N) is 15. The van der Waals surface area contributed by atoms with Gasteiger partial charge in [-0.2, -0.15) is 10.5 Å². The number of aryl methyl sites for hydroxylation is 1. The molecule has 7 aromatic heterocycles. The highest BCUT2D eigenvalue weighted by Crippen LogP contribution is 2.40. The number of hydrogen-bond donors (Lipinski definition) is 0. The van der Waals surface area contributed by atoms with Gasteiger partial charge in [-0.25, -0.2) is 24.3 Å². The van der Waals surface area contributed by atoms with Gasteiger partial charge in [0.2, 0.25) is 0 Å². The number of imidazole rings is 3. The normalized spacial score (nSPS) is 16.3. The van der Waals surface area contributed by atoms with Gasteiger partial charge in [0.05, 0.1) is 69.6 Å². The minimum atomic E-state index is -0.218. The lowest BCUT2D eigenvalue weighted by Gasteiger charge is -2.21. The van der Waals surface area contributed by atoms with Gasteiger partial charge in [0.1, 0.15) is 11.6 Å². The van der Waals surface area contributed by atoms with Crippen LogP contribution in [0.4, 0.5) is 15.9 Å². The molecule has 5 aliphatic heterocycles. The maximum Gasteiger partial charge on any atom is 0.161 e. The molecule has 3 atom stereocenters. The van der Waals surface area contributed by atoms with Crippen molar-refractivity contribution in [2.75, 3.05) is 56.6 Å². The first-order valence-corrected chi connectivity index (χ1v) is 31.3. The van der Waals surface area contributed by atoms with Gasteiger partial charge < -0.3 is 28.4 Å². The second-order valence-electron chi connectivity index (χ2n) is 25.3. The van der Waals surface area contributed by atoms with Crippen LogP contribution < -0.4 is 9.80 Å². The van der Waals surface area contributed by atoms with Gasteiger partial charge in [0, 0.05) is 124 Å². The maximum absolute atomic E-state index is 13.2. The molecule has 0 bridgehead atoms. The van der Waals surface area contributed by atoms with Crippen molar-refractivity contribution in [3.63, 3.8) is 0 Å². The summed E-state index contributed by atoms with van der Waals surface area (Å²) < 4.78 is 26.5. The average molecular weight is 1200 g/mol. The lowest BCUT2D eigenvalue weighted by molar-refractivity contribution is 0.301. The Morgan fingerprint density at radius 3 is 1.54 bits per heavy atom. The van der Waals surface area contributed by atoms with E-state index < -0.39 is 0 Å². The van der Waals surface area contributed by atoms with Gasteiger partial charge in [-0.1, -0.05) is 67.9 Å². The minimum Gasteiger partial charge on any atom is -0.371 e. The maximum atomic E-state index is 13.2. The van der Waals surface area contributed by atoms with Gasteiger partial charge in [0.25, 0.3) is 0 Å². The average Bonchev–Trinajstić information content (AvgIpc) is 1.72. The fourth-order valence-electron chi connectivity index (χ4n) is 14.0. The van der Waals surface area contributed by atoms with Crippen LogP contribution in [0.1, 0.15) is 53.8 Å². The first-order valence-electron chi connectivity index (χ1n) is 31.3. The molecule has 2 saturated heterocycles. The molecule has 0 amide bonds. The Hall–Kier alpha value is -10.8. The summed E-state index contributed by atoms with van der Waals surface area (Å²) in [5.74, 6) is 5.69. The molecule has 1 unspecified atom stereocenters. The second kappa shape index (κ2) is 23.3. The number of aromatic nitrogens is 10. The van der Waals surface area contributed by atoms with Gasteiger partial charge in [-0.05, 0) is 164 Å². The molecule has 15 nitrogen and oxygen atoms in total. The van der Waals surface area contributed by atoms with Crippen molar-refractivity contribution in [2.45, 2.75) is 46.8 Å². The van der Waals surface area contributed by atoms with E-state index in [1.54, 1.807) is 0 Å². The van der Waals surface area contributed by atoms with Crippen LogP contribution in [0, 0.1) is 53.2 Å². The van der Waals surface area contributed by atoms with Crippen LogP contribution in [0.5, 0.6) is 0 Å². The molecule has 450 valence electrons. The monoisotopic (exact) mass is 1200 g/mol. The van der Waals surface area contributed by atoms with Crippen molar-refractivity contribution in [3.05, 3.63) is 235 Å². The number of nitriles is 2. The summed E-state index contributed by atoms with van der Waals surface area (Å²) in [6, 6.07) is 50.8. The number of rotatable bonds is 7. The van der Waals surface area contributed by atoms with Crippen LogP contribution in [-0.2, 0) is 19.6 Å². The number of hydrogen-bond acceptors (Lipinski definition) is 9. The summed E-state index contributed by atoms with van der Waals surface area (Å²) in [6.45, 7) is 14.5. The van der Waals surface area contributed by atoms with E-state index in [0.717, 1.165) is 137 Å². The highest BCUT2D eigenvalue weighted by Gasteiger charge is 2.32. The van der Waals surface area contributed by atoms with E-state index in [-0.39, 0.29) is 5.82 Å². The molecular formula is C75H68FN15. The van der Waals surface area contributed by atoms with E-state index in [9.17, 15) is 4.39 Å². The fraction of sp³-hybridized carbons (Fsp3) is 0.227. The van der Waals surface area contributed by atoms with Gasteiger partial charge in [0.15, 0.2) is 17.5 Å². The minimum absolute atomic E-state index is 0.218. The third kappa shape index (κ3) is 10.8. The van der Waals surface area contributed by atoms with E-state index in [4.69, 9.17) is 20.5 Å². The van der Waals surface area contributed by atoms with E-state index >= 15 is 0 Å². The molecule has 0 aliphatic carbocycles. The predicted octanol–water partition coefficient (Wildman–Crippen LogP) is 14.2. The number of benzene rings is 5. The van der Waals surface area contributed by atoms with Crippen molar-refractivity contribution in [1.29, 1.82) is 10.5 Å². The van der Waals surface area contributed by atoms with Crippen LogP contribution in [-0.4, -0.2) is 99.1 Å². The zero-order valence-corrected chi connectivity index (χ0v) is 51.7. The topological polar surface area (TPSA) is 138 Å². The zero-order valence-electron chi connectivity index (χ0n) is 51.7. The standard InChI is InChI=1S/C28H29N7.C26H23N5.C21H16FN3/c1-19-14-34(17-23(19)15-32(2)3)27-9-8-25-24(31-27)18-33-16-22(21-6-4-20(13-29)5-7-21)12-26(33)28-30-10-11-35(25)28;1-18-8-10-29(15-18)23-6-7-24-22(12-23)17-30-16-21(20-4-2-19(14-27)3-5-20)13-25(30)26-28-9-11-31(24)26;1-14-2-7-19-17(10-14)13-24-12-16(15-3-5-18(22)6-4-15)11-20(24)21-23-8-9-25(19)21/h4-12,16,19,23H,14-15,17-18H2,1-3H3;2-7,9,11-13,16,18H,8,10,15,17H2,1H3;2-12H,13H2,1H3/t19-,23+;;/m0../s1. The summed E-state index contributed by atoms with van der Waals surface area (Å²) in [5, 5.41) is 18.2. The smallest absolute Gasteiger partial charge is 0.161 e. The second-order valence-corrected chi connectivity index (χ2v) is 25.3. The van der Waals surface area contributed by atoms with Crippen molar-refractivity contribution in [3.8, 4) is 97.1 Å². The lowest BCUT2D eigenvalue weighted by Crippen LogP contribution is -2.27. The number of pyridine rings is 1. The van der Waals surface area contributed by atoms with Crippen LogP contribution in [0.25, 0.3) is 85.0 Å². The van der Waals surface area contributed by atoms with Crippen LogP contribution >= 0.6 is 0 Å². The Morgan fingerprint density at radius 2 is 1.02 bits per heavy atom. The van der Waals surface area contributed by atoms with Crippen molar-refractivity contribution < 1.29 is 4.39 Å². The quantitative estimate of drug-likeness (QED) is 0.153. The summed E-state index contributed by atoms with van der Waals surface area (Å²) in [4.78, 5) is 26.4. The third-order valence-corrected chi connectivity index (χ3v) is 18.7. The molecule has 0 saturated carbocycles. The largest absolute Gasteiger partial charge is 0.371 e. The highest BCUT2D eigenvalue weighted by molar-refractivity contribution is 5.75. The first kappa shape index (κ1) is 56.7. The Balaban J connectivity index is 0.000000115. The summed E-state index contributed by atoms with van der Waals surface area (Å²) in [6.07, 6.45) is 19.4. The predicted molar refractivity (Wildman–Crippen MR) is 356 cm³/mol. The number of halogens is 1. The van der Waals surface area contributed by atoms with Crippen LogP contribution in [0.3, 0.4) is 0 Å². The van der Waals surface area contributed by atoms with E-state index in [1.165, 1.54) is 52.3 Å². The molecule has 17 rings (SSSR count). The summed E-state index contributed by atoms with van der Waals surface area (Å²) >= 11 is 0. The van der Waals surface area contributed by atoms with Crippen molar-refractivity contribution >= 4 is 11.5 Å². The zero-order chi connectivity index (χ0) is 62.0. The van der Waals surface area contributed by atoms with Gasteiger partial charge in [-0.3, -0.25) is 13.7 Å².